The summed E-state index contributed by atoms with van der Waals surface area (Å²) in [6.07, 6.45) is 4.69. The minimum atomic E-state index is -0.995. The maximum atomic E-state index is 14.0. The van der Waals surface area contributed by atoms with Crippen LogP contribution in [0.4, 0.5) is 5.69 Å². The van der Waals surface area contributed by atoms with Crippen molar-refractivity contribution in [2.75, 3.05) is 44.2 Å². The molecule has 0 bridgehead atoms. The standard InChI is InChI=1S/C32H46N6O5/c1-21(2)19-25(34-29(41)23-7-9-24(10-8-23)36-17-14-33-15-18-36)30(42)37-16-11-26-28(37)27(40)20-38(26)31(43)32(35-22(3)39)12-5-4-6-13-32/h7-10,21,25-26,28,33H,4-6,11-20H2,1-3H3,(H,34,41)(H,35,39). The van der Waals surface area contributed by atoms with E-state index in [9.17, 15) is 24.0 Å². The maximum Gasteiger partial charge on any atom is 0.251 e. The zero-order chi connectivity index (χ0) is 30.7. The molecular weight excluding hydrogens is 548 g/mol. The van der Waals surface area contributed by atoms with Crippen LogP contribution >= 0.6 is 0 Å². The number of piperazine rings is 1. The van der Waals surface area contributed by atoms with Crippen LogP contribution in [0.15, 0.2) is 24.3 Å². The predicted octanol–water partition coefficient (Wildman–Crippen LogP) is 1.46. The van der Waals surface area contributed by atoms with Crippen LogP contribution in [0.2, 0.25) is 0 Å². The summed E-state index contributed by atoms with van der Waals surface area (Å²) in [5.41, 5.74) is 0.540. The predicted molar refractivity (Wildman–Crippen MR) is 162 cm³/mol. The lowest BCUT2D eigenvalue weighted by molar-refractivity contribution is -0.144. The van der Waals surface area contributed by atoms with E-state index in [-0.39, 0.29) is 41.9 Å². The van der Waals surface area contributed by atoms with Gasteiger partial charge in [-0.1, -0.05) is 33.1 Å². The van der Waals surface area contributed by atoms with Gasteiger partial charge in [0.05, 0.1) is 12.6 Å². The van der Waals surface area contributed by atoms with Gasteiger partial charge in [-0.2, -0.15) is 0 Å². The molecule has 3 saturated heterocycles. The Hall–Kier alpha value is -3.47. The number of amides is 4. The van der Waals surface area contributed by atoms with Crippen LogP contribution in [0.25, 0.3) is 0 Å². The third kappa shape index (κ3) is 6.56. The zero-order valence-electron chi connectivity index (χ0n) is 25.7. The third-order valence-electron chi connectivity index (χ3n) is 9.42. The first-order chi connectivity index (χ1) is 20.6. The lowest BCUT2D eigenvalue weighted by Gasteiger charge is -2.40. The monoisotopic (exact) mass is 594 g/mol. The average Bonchev–Trinajstić information content (AvgIpc) is 3.57. The van der Waals surface area contributed by atoms with Gasteiger partial charge in [-0.05, 0) is 55.9 Å². The fourth-order valence-electron chi connectivity index (χ4n) is 7.38. The average molecular weight is 595 g/mol. The number of Topliss-reactive ketones (excluding diaryl/α,β-unsaturated/α-hetero) is 1. The fourth-order valence-corrected chi connectivity index (χ4v) is 7.38. The summed E-state index contributed by atoms with van der Waals surface area (Å²) in [7, 11) is 0. The summed E-state index contributed by atoms with van der Waals surface area (Å²) >= 11 is 0. The molecule has 3 N–H and O–H groups in total. The number of carbonyl (C=O) groups excluding carboxylic acids is 5. The largest absolute Gasteiger partial charge is 0.369 e. The van der Waals surface area contributed by atoms with Crippen molar-refractivity contribution in [2.24, 2.45) is 5.92 Å². The minimum Gasteiger partial charge on any atom is -0.369 e. The molecule has 4 aliphatic rings. The van der Waals surface area contributed by atoms with Crippen molar-refractivity contribution in [2.45, 2.75) is 89.4 Å². The first kappa shape index (κ1) is 31.0. The molecule has 43 heavy (non-hydrogen) atoms. The molecule has 0 aromatic heterocycles. The molecule has 0 spiro atoms. The summed E-state index contributed by atoms with van der Waals surface area (Å²) in [5.74, 6) is -1.13. The van der Waals surface area contributed by atoms with Gasteiger partial charge in [0, 0.05) is 50.9 Å². The Kier molecular flexibility index (Phi) is 9.39. The van der Waals surface area contributed by atoms with Gasteiger partial charge in [0.25, 0.3) is 5.91 Å². The van der Waals surface area contributed by atoms with Gasteiger partial charge in [-0.25, -0.2) is 0 Å². The number of benzene rings is 1. The van der Waals surface area contributed by atoms with E-state index < -0.39 is 23.7 Å². The molecule has 234 valence electrons. The minimum absolute atomic E-state index is 0.0695. The Balaban J connectivity index is 1.29. The van der Waals surface area contributed by atoms with Gasteiger partial charge >= 0.3 is 0 Å². The van der Waals surface area contributed by atoms with E-state index in [2.05, 4.69) is 20.9 Å². The molecule has 3 unspecified atom stereocenters. The summed E-state index contributed by atoms with van der Waals surface area (Å²) in [6.45, 7) is 9.33. The molecule has 3 heterocycles. The number of fused-ring (bicyclic) bond motifs is 1. The molecule has 0 radical (unpaired) electrons. The van der Waals surface area contributed by atoms with E-state index in [1.54, 1.807) is 21.9 Å². The van der Waals surface area contributed by atoms with Crippen molar-refractivity contribution >= 4 is 35.1 Å². The van der Waals surface area contributed by atoms with Crippen LogP contribution in [0.5, 0.6) is 0 Å². The molecule has 3 aliphatic heterocycles. The van der Waals surface area contributed by atoms with E-state index in [1.165, 1.54) is 6.92 Å². The van der Waals surface area contributed by atoms with Crippen molar-refractivity contribution in [3.63, 3.8) is 0 Å². The van der Waals surface area contributed by atoms with E-state index in [0.717, 1.165) is 51.1 Å². The second kappa shape index (κ2) is 13.0. The number of likely N-dealkylation sites (tertiary alicyclic amines) is 2. The SMILES string of the molecule is CC(=O)NC1(C(=O)N2CC(=O)C3C2CCN3C(=O)C(CC(C)C)NC(=O)c2ccc(N3CCNCC3)cc2)CCCCC1. The molecule has 4 fully saturated rings. The van der Waals surface area contributed by atoms with E-state index in [1.807, 2.05) is 26.0 Å². The third-order valence-corrected chi connectivity index (χ3v) is 9.42. The summed E-state index contributed by atoms with van der Waals surface area (Å²) < 4.78 is 0. The van der Waals surface area contributed by atoms with Crippen molar-refractivity contribution in [1.82, 2.24) is 25.8 Å². The highest BCUT2D eigenvalue weighted by atomic mass is 16.2. The van der Waals surface area contributed by atoms with E-state index in [4.69, 9.17) is 0 Å². The molecule has 1 aliphatic carbocycles. The van der Waals surface area contributed by atoms with Crippen molar-refractivity contribution in [3.8, 4) is 0 Å². The molecule has 11 heteroatoms. The quantitative estimate of drug-likeness (QED) is 0.415. The molecule has 11 nitrogen and oxygen atoms in total. The van der Waals surface area contributed by atoms with Gasteiger partial charge in [-0.15, -0.1) is 0 Å². The molecule has 3 atom stereocenters. The lowest BCUT2D eigenvalue weighted by atomic mass is 9.80. The van der Waals surface area contributed by atoms with Crippen molar-refractivity contribution < 1.29 is 24.0 Å². The van der Waals surface area contributed by atoms with E-state index >= 15 is 0 Å². The second-order valence-electron chi connectivity index (χ2n) is 13.0. The highest BCUT2D eigenvalue weighted by Crippen LogP contribution is 2.36. The highest BCUT2D eigenvalue weighted by Gasteiger charge is 2.55. The number of anilines is 1. The molecule has 5 rings (SSSR count). The Bertz CT molecular complexity index is 1220. The van der Waals surface area contributed by atoms with Gasteiger partial charge in [0.15, 0.2) is 5.78 Å². The smallest absolute Gasteiger partial charge is 0.251 e. The number of nitrogens with zero attached hydrogens (tertiary/aromatic N) is 3. The van der Waals surface area contributed by atoms with Crippen molar-refractivity contribution in [1.29, 1.82) is 0 Å². The van der Waals surface area contributed by atoms with Crippen LogP contribution in [0.3, 0.4) is 0 Å². The highest BCUT2D eigenvalue weighted by molar-refractivity contribution is 6.02. The van der Waals surface area contributed by atoms with Gasteiger partial charge in [-0.3, -0.25) is 24.0 Å². The van der Waals surface area contributed by atoms with Gasteiger partial charge < -0.3 is 30.7 Å². The first-order valence-electron chi connectivity index (χ1n) is 15.9. The summed E-state index contributed by atoms with van der Waals surface area (Å²) in [5, 5.41) is 9.22. The first-order valence-corrected chi connectivity index (χ1v) is 15.9. The van der Waals surface area contributed by atoms with Crippen LogP contribution in [0, 0.1) is 5.92 Å². The number of hydrogen-bond acceptors (Lipinski definition) is 7. The molecular formula is C32H46N6O5. The molecule has 1 aromatic rings. The Morgan fingerprint density at radius 3 is 2.28 bits per heavy atom. The topological polar surface area (TPSA) is 131 Å². The Morgan fingerprint density at radius 2 is 1.65 bits per heavy atom. The van der Waals surface area contributed by atoms with Gasteiger partial charge in [0.2, 0.25) is 17.7 Å². The second-order valence-corrected chi connectivity index (χ2v) is 13.0. The Morgan fingerprint density at radius 1 is 0.977 bits per heavy atom. The number of hydrogen-bond donors (Lipinski definition) is 3. The summed E-state index contributed by atoms with van der Waals surface area (Å²) in [6, 6.07) is 5.50. The maximum absolute atomic E-state index is 14.0. The van der Waals surface area contributed by atoms with Gasteiger partial charge in [0.1, 0.15) is 17.6 Å². The number of rotatable bonds is 8. The van der Waals surface area contributed by atoms with Crippen LogP contribution in [-0.4, -0.2) is 102 Å². The van der Waals surface area contributed by atoms with Crippen LogP contribution < -0.4 is 20.9 Å². The fraction of sp³-hybridized carbons (Fsp3) is 0.656. The molecule has 4 amide bonds. The normalized spacial score (nSPS) is 24.1. The number of carbonyl (C=O) groups is 5. The van der Waals surface area contributed by atoms with E-state index in [0.29, 0.717) is 37.8 Å². The zero-order valence-corrected chi connectivity index (χ0v) is 25.7. The molecule has 1 aromatic carbocycles. The number of ketones is 1. The Labute approximate surface area is 254 Å². The molecule has 1 saturated carbocycles. The van der Waals surface area contributed by atoms with Crippen molar-refractivity contribution in [3.05, 3.63) is 29.8 Å². The van der Waals surface area contributed by atoms with Crippen LogP contribution in [-0.2, 0) is 19.2 Å². The number of nitrogens with one attached hydrogen (secondary N) is 3. The van der Waals surface area contributed by atoms with Crippen LogP contribution in [0.1, 0.15) is 76.1 Å². The summed E-state index contributed by atoms with van der Waals surface area (Å²) in [4.78, 5) is 72.1. The lowest BCUT2D eigenvalue weighted by Crippen LogP contribution is -2.61.